The van der Waals surface area contributed by atoms with E-state index in [2.05, 4.69) is 21.7 Å². The number of amides is 2. The molecule has 0 atom stereocenters. The predicted molar refractivity (Wildman–Crippen MR) is 134 cm³/mol. The first kappa shape index (κ1) is 22.0. The molecule has 2 heterocycles. The van der Waals surface area contributed by atoms with Crippen LogP contribution in [0.3, 0.4) is 0 Å². The summed E-state index contributed by atoms with van der Waals surface area (Å²) in [6.07, 6.45) is 3.35. The van der Waals surface area contributed by atoms with Crippen molar-refractivity contribution in [3.8, 4) is 11.1 Å². The largest absolute Gasteiger partial charge is 0.349 e. The summed E-state index contributed by atoms with van der Waals surface area (Å²) in [6, 6.07) is 13.2. The number of carbonyl (C=O) groups is 2. The number of aryl methyl sites for hydroxylation is 2. The molecule has 1 aliphatic carbocycles. The third-order valence-electron chi connectivity index (χ3n) is 6.05. The number of hydrogen-bond donors (Lipinski definition) is 2. The van der Waals surface area contributed by atoms with Crippen LogP contribution in [0.5, 0.6) is 0 Å². The van der Waals surface area contributed by atoms with E-state index >= 15 is 0 Å². The SMILES string of the molecule is Cc1ccc(-c2csc3ncn(CC(=O)Nc4ccccc4C(=O)NC4CC4)c(=O)c23)cc1C. The number of para-hydroxylation sites is 1. The molecule has 2 N–H and O–H groups in total. The maximum Gasteiger partial charge on any atom is 0.263 e. The van der Waals surface area contributed by atoms with Gasteiger partial charge < -0.3 is 10.6 Å². The van der Waals surface area contributed by atoms with Gasteiger partial charge in [0.2, 0.25) is 5.91 Å². The number of thiophene rings is 1. The van der Waals surface area contributed by atoms with Crippen LogP contribution in [0.4, 0.5) is 5.69 Å². The summed E-state index contributed by atoms with van der Waals surface area (Å²) >= 11 is 1.41. The van der Waals surface area contributed by atoms with Crippen LogP contribution in [-0.4, -0.2) is 27.4 Å². The number of aromatic nitrogens is 2. The van der Waals surface area contributed by atoms with Gasteiger partial charge in [0, 0.05) is 17.0 Å². The van der Waals surface area contributed by atoms with E-state index in [4.69, 9.17) is 0 Å². The van der Waals surface area contributed by atoms with E-state index in [-0.39, 0.29) is 24.1 Å². The lowest BCUT2D eigenvalue weighted by atomic mass is 10.0. The Bertz CT molecular complexity index is 1480. The Kier molecular flexibility index (Phi) is 5.75. The number of nitrogens with one attached hydrogen (secondary N) is 2. The summed E-state index contributed by atoms with van der Waals surface area (Å²) in [7, 11) is 0. The summed E-state index contributed by atoms with van der Waals surface area (Å²) in [5.41, 5.74) is 4.64. The van der Waals surface area contributed by atoms with Gasteiger partial charge in [-0.3, -0.25) is 19.0 Å². The second-order valence-electron chi connectivity index (χ2n) is 8.65. The number of nitrogens with zero attached hydrogens (tertiary/aromatic N) is 2. The smallest absolute Gasteiger partial charge is 0.263 e. The molecule has 0 bridgehead atoms. The van der Waals surface area contributed by atoms with Crippen LogP contribution in [0, 0.1) is 13.8 Å². The molecule has 1 fully saturated rings. The Morgan fingerprint density at radius 2 is 1.91 bits per heavy atom. The van der Waals surface area contributed by atoms with Gasteiger partial charge in [-0.1, -0.05) is 30.3 Å². The molecule has 2 aromatic heterocycles. The average Bonchev–Trinajstić information content (AvgIpc) is 3.52. The van der Waals surface area contributed by atoms with E-state index in [1.54, 1.807) is 24.3 Å². The van der Waals surface area contributed by atoms with Gasteiger partial charge in [-0.25, -0.2) is 4.98 Å². The zero-order valence-corrected chi connectivity index (χ0v) is 19.7. The molecule has 172 valence electrons. The van der Waals surface area contributed by atoms with Crippen LogP contribution < -0.4 is 16.2 Å². The third-order valence-corrected chi connectivity index (χ3v) is 6.94. The van der Waals surface area contributed by atoms with Gasteiger partial charge in [0.15, 0.2) is 0 Å². The zero-order chi connectivity index (χ0) is 23.8. The van der Waals surface area contributed by atoms with Crippen LogP contribution in [0.2, 0.25) is 0 Å². The highest BCUT2D eigenvalue weighted by Gasteiger charge is 2.25. The first-order chi connectivity index (χ1) is 16.4. The highest BCUT2D eigenvalue weighted by molar-refractivity contribution is 7.17. The second kappa shape index (κ2) is 8.87. The Balaban J connectivity index is 1.41. The minimum Gasteiger partial charge on any atom is -0.349 e. The highest BCUT2D eigenvalue weighted by Crippen LogP contribution is 2.31. The van der Waals surface area contributed by atoms with E-state index in [9.17, 15) is 14.4 Å². The first-order valence-corrected chi connectivity index (χ1v) is 12.0. The fourth-order valence-corrected chi connectivity index (χ4v) is 4.73. The monoisotopic (exact) mass is 472 g/mol. The fourth-order valence-electron chi connectivity index (χ4n) is 3.83. The van der Waals surface area contributed by atoms with E-state index in [0.717, 1.165) is 29.5 Å². The van der Waals surface area contributed by atoms with Crippen molar-refractivity contribution in [3.05, 3.63) is 81.2 Å². The van der Waals surface area contributed by atoms with Gasteiger partial charge in [-0.05, 0) is 55.5 Å². The molecule has 7 nitrogen and oxygen atoms in total. The molecule has 0 saturated heterocycles. The lowest BCUT2D eigenvalue weighted by Crippen LogP contribution is -2.30. The number of anilines is 1. The van der Waals surface area contributed by atoms with Gasteiger partial charge in [0.25, 0.3) is 11.5 Å². The first-order valence-electron chi connectivity index (χ1n) is 11.1. The number of rotatable bonds is 6. The van der Waals surface area contributed by atoms with E-state index in [0.29, 0.717) is 21.5 Å². The van der Waals surface area contributed by atoms with Crippen molar-refractivity contribution in [2.45, 2.75) is 39.3 Å². The van der Waals surface area contributed by atoms with Crippen molar-refractivity contribution in [2.24, 2.45) is 0 Å². The molecule has 2 aromatic carbocycles. The average molecular weight is 473 g/mol. The zero-order valence-electron chi connectivity index (χ0n) is 18.9. The molecule has 34 heavy (non-hydrogen) atoms. The van der Waals surface area contributed by atoms with E-state index < -0.39 is 5.91 Å². The third kappa shape index (κ3) is 4.36. The molecule has 0 unspecified atom stereocenters. The van der Waals surface area contributed by atoms with Crippen LogP contribution in [0.25, 0.3) is 21.3 Å². The quantitative estimate of drug-likeness (QED) is 0.438. The minimum absolute atomic E-state index is 0.206. The highest BCUT2D eigenvalue weighted by atomic mass is 32.1. The van der Waals surface area contributed by atoms with Gasteiger partial charge in [-0.15, -0.1) is 11.3 Å². The summed E-state index contributed by atoms with van der Waals surface area (Å²) in [6.45, 7) is 3.88. The molecule has 0 spiro atoms. The molecular formula is C26H24N4O3S. The van der Waals surface area contributed by atoms with Crippen molar-refractivity contribution < 1.29 is 9.59 Å². The van der Waals surface area contributed by atoms with Crippen LogP contribution >= 0.6 is 11.3 Å². The second-order valence-corrected chi connectivity index (χ2v) is 9.51. The van der Waals surface area contributed by atoms with Crippen molar-refractivity contribution in [1.29, 1.82) is 0 Å². The maximum atomic E-state index is 13.3. The van der Waals surface area contributed by atoms with Crippen LogP contribution in [-0.2, 0) is 11.3 Å². The molecule has 1 saturated carbocycles. The van der Waals surface area contributed by atoms with Gasteiger partial charge in [0.05, 0.1) is 23.0 Å². The number of carbonyl (C=O) groups excluding carboxylic acids is 2. The van der Waals surface area contributed by atoms with Crippen molar-refractivity contribution in [1.82, 2.24) is 14.9 Å². The summed E-state index contributed by atoms with van der Waals surface area (Å²) in [5, 5.41) is 8.15. The molecule has 0 radical (unpaired) electrons. The maximum absolute atomic E-state index is 13.3. The standard InChI is InChI=1S/C26H24N4O3S/c1-15-7-8-17(11-16(15)2)20-13-34-25-23(20)26(33)30(14-27-25)12-22(31)29-21-6-4-3-5-19(21)24(32)28-18-9-10-18/h3-8,11,13-14,18H,9-10,12H2,1-2H3,(H,28,32)(H,29,31). The predicted octanol–water partition coefficient (Wildman–Crippen LogP) is 4.27. The Morgan fingerprint density at radius 3 is 2.68 bits per heavy atom. The fraction of sp³-hybridized carbons (Fsp3) is 0.231. The van der Waals surface area contributed by atoms with E-state index in [1.807, 2.05) is 31.4 Å². The molecular weight excluding hydrogens is 448 g/mol. The molecule has 2 amide bonds. The van der Waals surface area contributed by atoms with Gasteiger partial charge in [0.1, 0.15) is 11.4 Å². The minimum atomic E-state index is -0.405. The number of fused-ring (bicyclic) bond motifs is 1. The molecule has 1 aliphatic rings. The molecule has 5 rings (SSSR count). The Hall–Kier alpha value is -3.78. The molecule has 4 aromatic rings. The lowest BCUT2D eigenvalue weighted by Gasteiger charge is -2.12. The van der Waals surface area contributed by atoms with Gasteiger partial charge in [-0.2, -0.15) is 0 Å². The summed E-state index contributed by atoms with van der Waals surface area (Å²) in [4.78, 5) is 43.7. The Labute approximate surface area is 200 Å². The van der Waals surface area contributed by atoms with Crippen molar-refractivity contribution >= 4 is 39.1 Å². The Morgan fingerprint density at radius 1 is 1.12 bits per heavy atom. The number of hydrogen-bond acceptors (Lipinski definition) is 5. The summed E-state index contributed by atoms with van der Waals surface area (Å²) < 4.78 is 1.31. The summed E-state index contributed by atoms with van der Waals surface area (Å²) in [5.74, 6) is -0.618. The normalized spacial score (nSPS) is 13.1. The topological polar surface area (TPSA) is 93.1 Å². The van der Waals surface area contributed by atoms with Crippen LogP contribution in [0.15, 0.2) is 59.0 Å². The lowest BCUT2D eigenvalue weighted by molar-refractivity contribution is -0.116. The van der Waals surface area contributed by atoms with Crippen molar-refractivity contribution in [3.63, 3.8) is 0 Å². The molecule has 0 aliphatic heterocycles. The van der Waals surface area contributed by atoms with E-state index in [1.165, 1.54) is 27.8 Å². The molecule has 8 heteroatoms. The van der Waals surface area contributed by atoms with Crippen LogP contribution in [0.1, 0.15) is 34.3 Å². The van der Waals surface area contributed by atoms with Gasteiger partial charge >= 0.3 is 0 Å². The van der Waals surface area contributed by atoms with Crippen molar-refractivity contribution in [2.75, 3.05) is 5.32 Å². The number of benzene rings is 2.